The quantitative estimate of drug-likeness (QED) is 0.352. The summed E-state index contributed by atoms with van der Waals surface area (Å²) in [5.74, 6) is 1.21. The van der Waals surface area contributed by atoms with Gasteiger partial charge in [0.2, 0.25) is 5.82 Å². The number of nitrogens with one attached hydrogen (secondary N) is 1. The van der Waals surface area contributed by atoms with Gasteiger partial charge in [-0.25, -0.2) is 4.79 Å². The van der Waals surface area contributed by atoms with Crippen LogP contribution in [0.5, 0.6) is 0 Å². The normalized spacial score (nSPS) is 14.4. The number of hydrogen-bond acceptors (Lipinski definition) is 4. The Morgan fingerprint density at radius 2 is 1.77 bits per heavy atom. The molecule has 0 radical (unpaired) electrons. The Morgan fingerprint density at radius 1 is 1.00 bits per heavy atom. The molecule has 7 nitrogen and oxygen atoms in total. The van der Waals surface area contributed by atoms with Gasteiger partial charge in [-0.2, -0.15) is 5.21 Å². The molecule has 4 aromatic rings. The summed E-state index contributed by atoms with van der Waals surface area (Å²) in [6, 6.07) is 16.5. The van der Waals surface area contributed by atoms with Crippen LogP contribution in [-0.4, -0.2) is 29.8 Å². The molecule has 0 bridgehead atoms. The minimum atomic E-state index is 0.133. The number of tetrazole rings is 1. The van der Waals surface area contributed by atoms with E-state index < -0.39 is 0 Å². The van der Waals surface area contributed by atoms with E-state index in [1.807, 2.05) is 27.3 Å². The van der Waals surface area contributed by atoms with Gasteiger partial charge in [0.1, 0.15) is 0 Å². The molecule has 0 aliphatic heterocycles. The van der Waals surface area contributed by atoms with Crippen molar-refractivity contribution >= 4 is 0 Å². The van der Waals surface area contributed by atoms with Crippen LogP contribution in [0.1, 0.15) is 63.1 Å². The predicted octanol–water partition coefficient (Wildman–Crippen LogP) is 5.47. The number of hydrogen-bond donors (Lipinski definition) is 1. The van der Waals surface area contributed by atoms with E-state index in [2.05, 4.69) is 64.1 Å². The van der Waals surface area contributed by atoms with Crippen LogP contribution in [0.2, 0.25) is 0 Å². The average molecular weight is 471 g/mol. The third-order valence-corrected chi connectivity index (χ3v) is 7.21. The first-order valence-electron chi connectivity index (χ1n) is 12.9. The standard InChI is InChI=1S/C28H34N6O/c1-2-3-11-24-20-33(18-21-9-5-4-6-10-21)28(35)34(24)19-22-14-16-23(17-15-22)25-12-7-8-13-26(25)27-29-31-32-30-27/h7-8,12-17,20-21H,2-6,9-11,18-19H2,1H3,(H,29,30,31,32). The molecule has 1 N–H and O–H groups in total. The number of nitrogens with zero attached hydrogens (tertiary/aromatic N) is 5. The Kier molecular flexibility index (Phi) is 7.21. The Labute approximate surface area is 206 Å². The van der Waals surface area contributed by atoms with Crippen LogP contribution in [0.4, 0.5) is 0 Å². The molecule has 2 aromatic carbocycles. The second-order valence-corrected chi connectivity index (χ2v) is 9.73. The molecule has 35 heavy (non-hydrogen) atoms. The van der Waals surface area contributed by atoms with Crippen LogP contribution in [0.25, 0.3) is 22.5 Å². The molecule has 2 heterocycles. The van der Waals surface area contributed by atoms with Gasteiger partial charge < -0.3 is 0 Å². The van der Waals surface area contributed by atoms with E-state index in [9.17, 15) is 4.79 Å². The maximum absolute atomic E-state index is 13.4. The predicted molar refractivity (Wildman–Crippen MR) is 138 cm³/mol. The van der Waals surface area contributed by atoms with Crippen molar-refractivity contribution in [2.24, 2.45) is 5.92 Å². The molecule has 0 unspecified atom stereocenters. The number of benzene rings is 2. The van der Waals surface area contributed by atoms with Crippen molar-refractivity contribution in [2.75, 3.05) is 0 Å². The zero-order valence-electron chi connectivity index (χ0n) is 20.5. The van der Waals surface area contributed by atoms with E-state index in [-0.39, 0.29) is 5.69 Å². The Balaban J connectivity index is 1.39. The van der Waals surface area contributed by atoms with Crippen LogP contribution in [-0.2, 0) is 19.5 Å². The molecule has 0 spiro atoms. The van der Waals surface area contributed by atoms with Crippen molar-refractivity contribution in [2.45, 2.75) is 71.4 Å². The van der Waals surface area contributed by atoms with Gasteiger partial charge in [-0.1, -0.05) is 81.1 Å². The lowest BCUT2D eigenvalue weighted by Gasteiger charge is -2.21. The minimum Gasteiger partial charge on any atom is -0.299 e. The fraction of sp³-hybridized carbons (Fsp3) is 0.429. The van der Waals surface area contributed by atoms with E-state index in [0.29, 0.717) is 18.3 Å². The zero-order chi connectivity index (χ0) is 24.0. The Hall–Kier alpha value is -3.48. The lowest BCUT2D eigenvalue weighted by Crippen LogP contribution is -2.28. The second-order valence-electron chi connectivity index (χ2n) is 9.73. The van der Waals surface area contributed by atoms with Crippen molar-refractivity contribution in [3.05, 3.63) is 76.5 Å². The van der Waals surface area contributed by atoms with Gasteiger partial charge in [0.05, 0.1) is 6.54 Å². The summed E-state index contributed by atoms with van der Waals surface area (Å²) >= 11 is 0. The van der Waals surface area contributed by atoms with Gasteiger partial charge >= 0.3 is 5.69 Å². The fourth-order valence-corrected chi connectivity index (χ4v) is 5.27. The van der Waals surface area contributed by atoms with Crippen molar-refractivity contribution in [3.63, 3.8) is 0 Å². The molecule has 2 aromatic heterocycles. The average Bonchev–Trinajstić information content (AvgIpc) is 3.54. The van der Waals surface area contributed by atoms with Gasteiger partial charge in [0.25, 0.3) is 0 Å². The lowest BCUT2D eigenvalue weighted by atomic mass is 9.89. The zero-order valence-corrected chi connectivity index (χ0v) is 20.5. The van der Waals surface area contributed by atoms with Crippen LogP contribution in [0, 0.1) is 5.92 Å². The summed E-state index contributed by atoms with van der Waals surface area (Å²) in [4.78, 5) is 13.4. The molecule has 0 saturated heterocycles. The largest absolute Gasteiger partial charge is 0.328 e. The Morgan fingerprint density at radius 3 is 2.49 bits per heavy atom. The topological polar surface area (TPSA) is 81.4 Å². The van der Waals surface area contributed by atoms with E-state index in [4.69, 9.17) is 0 Å². The maximum Gasteiger partial charge on any atom is 0.328 e. The second kappa shape index (κ2) is 10.8. The first kappa shape index (κ1) is 23.3. The van der Waals surface area contributed by atoms with Gasteiger partial charge in [-0.05, 0) is 53.5 Å². The van der Waals surface area contributed by atoms with Crippen LogP contribution in [0.15, 0.2) is 59.5 Å². The van der Waals surface area contributed by atoms with E-state index in [1.165, 1.54) is 32.1 Å². The van der Waals surface area contributed by atoms with Gasteiger partial charge in [-0.3, -0.25) is 9.13 Å². The van der Waals surface area contributed by atoms with Crippen LogP contribution < -0.4 is 5.69 Å². The van der Waals surface area contributed by atoms with Gasteiger partial charge in [-0.15, -0.1) is 10.2 Å². The number of rotatable bonds is 9. The highest BCUT2D eigenvalue weighted by Crippen LogP contribution is 2.30. The summed E-state index contributed by atoms with van der Waals surface area (Å²) in [5, 5.41) is 14.5. The highest BCUT2D eigenvalue weighted by Gasteiger charge is 2.18. The summed E-state index contributed by atoms with van der Waals surface area (Å²) in [6.45, 7) is 3.66. The summed E-state index contributed by atoms with van der Waals surface area (Å²) < 4.78 is 3.97. The molecular formula is C28H34N6O. The summed E-state index contributed by atoms with van der Waals surface area (Å²) in [5.41, 5.74) is 5.49. The molecular weight excluding hydrogens is 436 g/mol. The molecule has 1 fully saturated rings. The molecule has 0 atom stereocenters. The first-order chi connectivity index (χ1) is 17.2. The molecule has 1 aliphatic rings. The number of H-pyrrole nitrogens is 1. The van der Waals surface area contributed by atoms with Gasteiger partial charge in [0, 0.05) is 24.0 Å². The minimum absolute atomic E-state index is 0.133. The van der Waals surface area contributed by atoms with Crippen molar-refractivity contribution in [3.8, 4) is 22.5 Å². The summed E-state index contributed by atoms with van der Waals surface area (Å²) in [7, 11) is 0. The monoisotopic (exact) mass is 470 g/mol. The number of imidazole rings is 1. The highest BCUT2D eigenvalue weighted by molar-refractivity contribution is 5.80. The number of aryl methyl sites for hydroxylation is 1. The number of unbranched alkanes of at least 4 members (excludes halogenated alkanes) is 1. The number of aromatic nitrogens is 6. The lowest BCUT2D eigenvalue weighted by molar-refractivity contribution is 0.315. The van der Waals surface area contributed by atoms with E-state index in [0.717, 1.165) is 53.8 Å². The van der Waals surface area contributed by atoms with Crippen molar-refractivity contribution in [1.82, 2.24) is 29.8 Å². The Bertz CT molecular complexity index is 1280. The maximum atomic E-state index is 13.4. The third kappa shape index (κ3) is 5.29. The first-order valence-corrected chi connectivity index (χ1v) is 12.9. The van der Waals surface area contributed by atoms with Crippen LogP contribution in [0.3, 0.4) is 0 Å². The third-order valence-electron chi connectivity index (χ3n) is 7.21. The smallest absolute Gasteiger partial charge is 0.299 e. The highest BCUT2D eigenvalue weighted by atomic mass is 16.1. The molecule has 0 amide bonds. The molecule has 1 aliphatic carbocycles. The van der Waals surface area contributed by atoms with E-state index in [1.54, 1.807) is 0 Å². The van der Waals surface area contributed by atoms with E-state index >= 15 is 0 Å². The van der Waals surface area contributed by atoms with Crippen molar-refractivity contribution < 1.29 is 0 Å². The summed E-state index contributed by atoms with van der Waals surface area (Å²) in [6.07, 6.45) is 11.7. The van der Waals surface area contributed by atoms with Gasteiger partial charge in [0.15, 0.2) is 0 Å². The molecule has 5 rings (SSSR count). The molecule has 182 valence electrons. The molecule has 7 heteroatoms. The SMILES string of the molecule is CCCCc1cn(CC2CCCCC2)c(=O)n1Cc1ccc(-c2ccccc2-c2nn[nH]n2)cc1. The number of aromatic amines is 1. The fourth-order valence-electron chi connectivity index (χ4n) is 5.27. The van der Waals surface area contributed by atoms with Crippen LogP contribution >= 0.6 is 0 Å². The van der Waals surface area contributed by atoms with Crippen molar-refractivity contribution in [1.29, 1.82) is 0 Å². The molecule has 1 saturated carbocycles.